The average molecular weight is 294 g/mol. The molecule has 2 rings (SSSR count). The standard InChI is InChI=1S/C15H22N2O2S/c1-10(2)14-12(4-5-13(18)19)20-15(16-14)17-8-6-11(3)7-9-17/h4-5,10-11H,6-9H2,1-3H3,(H,18,19)/b5-4+. The van der Waals surface area contributed by atoms with Crippen molar-refractivity contribution in [2.75, 3.05) is 18.0 Å². The number of carboxylic acids is 1. The zero-order chi connectivity index (χ0) is 14.7. The molecule has 0 unspecified atom stereocenters. The van der Waals surface area contributed by atoms with Gasteiger partial charge in [-0.3, -0.25) is 0 Å². The summed E-state index contributed by atoms with van der Waals surface area (Å²) in [6, 6.07) is 0. The van der Waals surface area contributed by atoms with Gasteiger partial charge >= 0.3 is 5.97 Å². The van der Waals surface area contributed by atoms with Crippen molar-refractivity contribution in [1.82, 2.24) is 4.98 Å². The molecular weight excluding hydrogens is 272 g/mol. The Balaban J connectivity index is 2.22. The minimum absolute atomic E-state index is 0.303. The molecule has 20 heavy (non-hydrogen) atoms. The molecule has 0 saturated carbocycles. The van der Waals surface area contributed by atoms with Crippen molar-refractivity contribution in [3.63, 3.8) is 0 Å². The summed E-state index contributed by atoms with van der Waals surface area (Å²) in [6.07, 6.45) is 5.28. The molecule has 1 fully saturated rings. The van der Waals surface area contributed by atoms with Gasteiger partial charge in [-0.15, -0.1) is 0 Å². The number of nitrogens with zero attached hydrogens (tertiary/aromatic N) is 2. The Morgan fingerprint density at radius 2 is 2.10 bits per heavy atom. The number of hydrogen-bond acceptors (Lipinski definition) is 4. The molecule has 0 bridgehead atoms. The van der Waals surface area contributed by atoms with Crippen molar-refractivity contribution in [2.45, 2.75) is 39.5 Å². The topological polar surface area (TPSA) is 53.4 Å². The highest BCUT2D eigenvalue weighted by molar-refractivity contribution is 7.16. The lowest BCUT2D eigenvalue weighted by atomic mass is 10.00. The molecule has 1 aromatic heterocycles. The smallest absolute Gasteiger partial charge is 0.328 e. The molecule has 0 radical (unpaired) electrons. The summed E-state index contributed by atoms with van der Waals surface area (Å²) >= 11 is 1.60. The van der Waals surface area contributed by atoms with Crippen LogP contribution in [-0.4, -0.2) is 29.1 Å². The number of aliphatic carboxylic acids is 1. The van der Waals surface area contributed by atoms with Crippen LogP contribution in [0.2, 0.25) is 0 Å². The molecule has 1 N–H and O–H groups in total. The van der Waals surface area contributed by atoms with E-state index in [1.54, 1.807) is 17.4 Å². The first-order valence-corrected chi connectivity index (χ1v) is 7.95. The third-order valence-corrected chi connectivity index (χ3v) is 4.75. The Morgan fingerprint density at radius 1 is 1.45 bits per heavy atom. The fraction of sp³-hybridized carbons (Fsp3) is 0.600. The largest absolute Gasteiger partial charge is 0.478 e. The first-order valence-electron chi connectivity index (χ1n) is 7.14. The Labute approximate surface area is 124 Å². The summed E-state index contributed by atoms with van der Waals surface area (Å²) in [5, 5.41) is 9.81. The van der Waals surface area contributed by atoms with Gasteiger partial charge in [0.2, 0.25) is 0 Å². The van der Waals surface area contributed by atoms with E-state index in [-0.39, 0.29) is 0 Å². The van der Waals surface area contributed by atoms with Crippen LogP contribution < -0.4 is 4.90 Å². The second kappa shape index (κ2) is 6.39. The van der Waals surface area contributed by atoms with Gasteiger partial charge in [0.1, 0.15) is 0 Å². The number of carbonyl (C=O) groups is 1. The lowest BCUT2D eigenvalue weighted by Gasteiger charge is -2.29. The van der Waals surface area contributed by atoms with E-state index in [2.05, 4.69) is 25.7 Å². The highest BCUT2D eigenvalue weighted by Crippen LogP contribution is 2.33. The number of carboxylic acid groups (broad SMARTS) is 1. The van der Waals surface area contributed by atoms with Gasteiger partial charge in [-0.05, 0) is 30.8 Å². The number of anilines is 1. The third kappa shape index (κ3) is 3.60. The van der Waals surface area contributed by atoms with E-state index < -0.39 is 5.97 Å². The predicted molar refractivity (Wildman–Crippen MR) is 83.5 cm³/mol. The molecule has 0 atom stereocenters. The van der Waals surface area contributed by atoms with Crippen molar-refractivity contribution in [3.8, 4) is 0 Å². The zero-order valence-electron chi connectivity index (χ0n) is 12.3. The molecule has 1 aliphatic heterocycles. The van der Waals surface area contributed by atoms with Crippen molar-refractivity contribution in [2.24, 2.45) is 5.92 Å². The Kier molecular flexibility index (Phi) is 4.81. The lowest BCUT2D eigenvalue weighted by Crippen LogP contribution is -2.32. The molecule has 1 aliphatic rings. The molecule has 0 aliphatic carbocycles. The van der Waals surface area contributed by atoms with Crippen LogP contribution in [0.25, 0.3) is 6.08 Å². The summed E-state index contributed by atoms with van der Waals surface area (Å²) in [5.41, 5.74) is 1.00. The van der Waals surface area contributed by atoms with Crippen LogP contribution in [0.1, 0.15) is 50.1 Å². The van der Waals surface area contributed by atoms with Crippen molar-refractivity contribution < 1.29 is 9.90 Å². The number of rotatable bonds is 4. The van der Waals surface area contributed by atoms with Crippen LogP contribution in [0.15, 0.2) is 6.08 Å². The van der Waals surface area contributed by atoms with Crippen LogP contribution in [0.5, 0.6) is 0 Å². The van der Waals surface area contributed by atoms with Gasteiger partial charge in [-0.25, -0.2) is 9.78 Å². The summed E-state index contributed by atoms with van der Waals surface area (Å²) in [6.45, 7) is 8.58. The van der Waals surface area contributed by atoms with Crippen LogP contribution in [0.4, 0.5) is 5.13 Å². The second-order valence-electron chi connectivity index (χ2n) is 5.74. The van der Waals surface area contributed by atoms with Gasteiger partial charge in [-0.2, -0.15) is 0 Å². The van der Waals surface area contributed by atoms with Crippen LogP contribution in [-0.2, 0) is 4.79 Å². The SMILES string of the molecule is CC1CCN(c2nc(C(C)C)c(/C=C/C(=O)O)s2)CC1. The molecule has 0 spiro atoms. The highest BCUT2D eigenvalue weighted by Gasteiger charge is 2.21. The quantitative estimate of drug-likeness (QED) is 0.862. The maximum absolute atomic E-state index is 10.7. The molecule has 4 nitrogen and oxygen atoms in total. The molecule has 110 valence electrons. The molecule has 2 heterocycles. The van der Waals surface area contributed by atoms with Gasteiger partial charge in [0.15, 0.2) is 5.13 Å². The molecular formula is C15H22N2O2S. The molecule has 1 aromatic rings. The first-order chi connectivity index (χ1) is 9.47. The molecule has 0 amide bonds. The molecule has 1 saturated heterocycles. The van der Waals surface area contributed by atoms with Crippen molar-refractivity contribution >= 4 is 28.5 Å². The highest BCUT2D eigenvalue weighted by atomic mass is 32.1. The van der Waals surface area contributed by atoms with Gasteiger partial charge in [-0.1, -0.05) is 32.1 Å². The van der Waals surface area contributed by atoms with Gasteiger partial charge in [0.25, 0.3) is 0 Å². The second-order valence-corrected chi connectivity index (χ2v) is 6.75. The molecule has 0 aromatic carbocycles. The van der Waals surface area contributed by atoms with Crippen LogP contribution in [0, 0.1) is 5.92 Å². The summed E-state index contributed by atoms with van der Waals surface area (Å²) in [7, 11) is 0. The fourth-order valence-corrected chi connectivity index (χ4v) is 3.52. The van der Waals surface area contributed by atoms with E-state index in [1.807, 2.05) is 0 Å². The van der Waals surface area contributed by atoms with Crippen LogP contribution >= 0.6 is 11.3 Å². The van der Waals surface area contributed by atoms with E-state index in [0.29, 0.717) is 5.92 Å². The number of thiazole rings is 1. The van der Waals surface area contributed by atoms with E-state index in [9.17, 15) is 4.79 Å². The number of hydrogen-bond donors (Lipinski definition) is 1. The summed E-state index contributed by atoms with van der Waals surface area (Å²) < 4.78 is 0. The van der Waals surface area contributed by atoms with E-state index in [1.165, 1.54) is 18.9 Å². The summed E-state index contributed by atoms with van der Waals surface area (Å²) in [5.74, 6) is 0.181. The van der Waals surface area contributed by atoms with E-state index in [4.69, 9.17) is 10.1 Å². The Bertz CT molecular complexity index is 500. The van der Waals surface area contributed by atoms with E-state index in [0.717, 1.165) is 34.7 Å². The summed E-state index contributed by atoms with van der Waals surface area (Å²) in [4.78, 5) is 18.7. The first kappa shape index (κ1) is 15.0. The third-order valence-electron chi connectivity index (χ3n) is 3.65. The van der Waals surface area contributed by atoms with Crippen LogP contribution in [0.3, 0.4) is 0 Å². The predicted octanol–water partition coefficient (Wildman–Crippen LogP) is 3.60. The normalized spacial score (nSPS) is 17.3. The van der Waals surface area contributed by atoms with Crippen molar-refractivity contribution in [3.05, 3.63) is 16.6 Å². The number of piperidine rings is 1. The Morgan fingerprint density at radius 3 is 2.65 bits per heavy atom. The Hall–Kier alpha value is -1.36. The fourth-order valence-electron chi connectivity index (χ4n) is 2.35. The van der Waals surface area contributed by atoms with Gasteiger partial charge in [0, 0.05) is 19.2 Å². The van der Waals surface area contributed by atoms with Gasteiger partial charge < -0.3 is 10.0 Å². The maximum Gasteiger partial charge on any atom is 0.328 e. The van der Waals surface area contributed by atoms with E-state index >= 15 is 0 Å². The monoisotopic (exact) mass is 294 g/mol. The van der Waals surface area contributed by atoms with Gasteiger partial charge in [0.05, 0.1) is 10.6 Å². The maximum atomic E-state index is 10.7. The lowest BCUT2D eigenvalue weighted by molar-refractivity contribution is -0.131. The number of aromatic nitrogens is 1. The zero-order valence-corrected chi connectivity index (χ0v) is 13.1. The average Bonchev–Trinajstić information content (AvgIpc) is 2.81. The van der Waals surface area contributed by atoms with Crippen molar-refractivity contribution in [1.29, 1.82) is 0 Å². The molecule has 5 heteroatoms. The minimum atomic E-state index is -0.915. The minimum Gasteiger partial charge on any atom is -0.478 e.